The van der Waals surface area contributed by atoms with E-state index in [1.54, 1.807) is 0 Å². The monoisotopic (exact) mass is 335 g/mol. The molecule has 1 fully saturated rings. The molecule has 1 aliphatic carbocycles. The Bertz CT molecular complexity index is 463. The summed E-state index contributed by atoms with van der Waals surface area (Å²) in [5.74, 6) is 1.72. The van der Waals surface area contributed by atoms with Gasteiger partial charge in [0.1, 0.15) is 0 Å². The molecule has 1 saturated carbocycles. The molecule has 1 atom stereocenters. The molecule has 0 radical (unpaired) electrons. The van der Waals surface area contributed by atoms with E-state index in [1.807, 2.05) is 24.9 Å². The number of guanidine groups is 1. The fourth-order valence-electron chi connectivity index (χ4n) is 2.15. The SMILES string of the molecule is CN=C(NCCCOCC1CC1)NCC(C)Sc1ccccc1. The first-order chi connectivity index (χ1) is 11.3. The summed E-state index contributed by atoms with van der Waals surface area (Å²) in [6.45, 7) is 5.79. The Balaban J connectivity index is 1.53. The zero-order valence-electron chi connectivity index (χ0n) is 14.3. The van der Waals surface area contributed by atoms with Gasteiger partial charge in [0.2, 0.25) is 0 Å². The van der Waals surface area contributed by atoms with Crippen molar-refractivity contribution in [3.63, 3.8) is 0 Å². The third kappa shape index (κ3) is 8.28. The van der Waals surface area contributed by atoms with Crippen LogP contribution in [-0.4, -0.2) is 44.6 Å². The normalized spacial score (nSPS) is 16.2. The summed E-state index contributed by atoms with van der Waals surface area (Å²) in [7, 11) is 1.81. The lowest BCUT2D eigenvalue weighted by molar-refractivity contribution is 0.123. The van der Waals surface area contributed by atoms with E-state index in [9.17, 15) is 0 Å². The quantitative estimate of drug-likeness (QED) is 0.298. The van der Waals surface area contributed by atoms with Gasteiger partial charge in [-0.15, -0.1) is 11.8 Å². The fraction of sp³-hybridized carbons (Fsp3) is 0.611. The molecule has 0 aromatic heterocycles. The van der Waals surface area contributed by atoms with Crippen molar-refractivity contribution in [2.45, 2.75) is 36.3 Å². The number of thioether (sulfide) groups is 1. The lowest BCUT2D eigenvalue weighted by Crippen LogP contribution is -2.40. The summed E-state index contributed by atoms with van der Waals surface area (Å²) in [6, 6.07) is 10.5. The van der Waals surface area contributed by atoms with Gasteiger partial charge in [-0.25, -0.2) is 0 Å². The van der Waals surface area contributed by atoms with Crippen LogP contribution in [0.2, 0.25) is 0 Å². The van der Waals surface area contributed by atoms with Gasteiger partial charge >= 0.3 is 0 Å². The summed E-state index contributed by atoms with van der Waals surface area (Å²) in [6.07, 6.45) is 3.73. The minimum atomic E-state index is 0.484. The van der Waals surface area contributed by atoms with E-state index in [1.165, 1.54) is 17.7 Å². The largest absolute Gasteiger partial charge is 0.381 e. The minimum Gasteiger partial charge on any atom is -0.381 e. The van der Waals surface area contributed by atoms with Crippen LogP contribution in [0.25, 0.3) is 0 Å². The van der Waals surface area contributed by atoms with Crippen molar-refractivity contribution in [2.24, 2.45) is 10.9 Å². The molecule has 128 valence electrons. The molecule has 23 heavy (non-hydrogen) atoms. The molecule has 0 bridgehead atoms. The maximum absolute atomic E-state index is 5.63. The van der Waals surface area contributed by atoms with Crippen LogP contribution in [0.15, 0.2) is 40.2 Å². The van der Waals surface area contributed by atoms with E-state index in [-0.39, 0.29) is 0 Å². The number of ether oxygens (including phenoxy) is 1. The van der Waals surface area contributed by atoms with Gasteiger partial charge in [-0.3, -0.25) is 4.99 Å². The van der Waals surface area contributed by atoms with Crippen LogP contribution in [0.3, 0.4) is 0 Å². The number of hydrogen-bond donors (Lipinski definition) is 2. The van der Waals surface area contributed by atoms with Crippen LogP contribution in [-0.2, 0) is 4.74 Å². The van der Waals surface area contributed by atoms with Crippen LogP contribution in [0.4, 0.5) is 0 Å². The Labute approximate surface area is 144 Å². The maximum Gasteiger partial charge on any atom is 0.191 e. The Kier molecular flexibility index (Phi) is 8.32. The molecule has 0 heterocycles. The Morgan fingerprint density at radius 2 is 2.09 bits per heavy atom. The third-order valence-electron chi connectivity index (χ3n) is 3.67. The third-order valence-corrected chi connectivity index (χ3v) is 4.78. The fourth-order valence-corrected chi connectivity index (χ4v) is 3.10. The molecular weight excluding hydrogens is 306 g/mol. The van der Waals surface area contributed by atoms with Crippen LogP contribution in [0.5, 0.6) is 0 Å². The van der Waals surface area contributed by atoms with Crippen molar-refractivity contribution in [3.8, 4) is 0 Å². The van der Waals surface area contributed by atoms with Gasteiger partial charge in [0.15, 0.2) is 5.96 Å². The van der Waals surface area contributed by atoms with Gasteiger partial charge in [0.05, 0.1) is 0 Å². The standard InChI is InChI=1S/C18H29N3OS/c1-15(23-17-7-4-3-5-8-17)13-21-18(19-2)20-11-6-12-22-14-16-9-10-16/h3-5,7-8,15-16H,6,9-14H2,1-2H3,(H2,19,20,21). The first kappa shape index (κ1) is 18.1. The molecule has 0 amide bonds. The highest BCUT2D eigenvalue weighted by molar-refractivity contribution is 8.00. The average molecular weight is 336 g/mol. The van der Waals surface area contributed by atoms with Crippen molar-refractivity contribution >= 4 is 17.7 Å². The first-order valence-electron chi connectivity index (χ1n) is 8.52. The van der Waals surface area contributed by atoms with E-state index >= 15 is 0 Å². The predicted molar refractivity (Wildman–Crippen MR) is 99.3 cm³/mol. The molecule has 1 aromatic rings. The van der Waals surface area contributed by atoms with Gasteiger partial charge in [0.25, 0.3) is 0 Å². The topological polar surface area (TPSA) is 45.7 Å². The van der Waals surface area contributed by atoms with Crippen molar-refractivity contribution in [3.05, 3.63) is 30.3 Å². The summed E-state index contributed by atoms with van der Waals surface area (Å²) in [5, 5.41) is 7.21. The summed E-state index contributed by atoms with van der Waals surface area (Å²) >= 11 is 1.87. The zero-order chi connectivity index (χ0) is 16.3. The molecule has 2 rings (SSSR count). The smallest absolute Gasteiger partial charge is 0.191 e. The summed E-state index contributed by atoms with van der Waals surface area (Å²) in [4.78, 5) is 5.57. The lowest BCUT2D eigenvalue weighted by atomic mass is 10.4. The van der Waals surface area contributed by atoms with Gasteiger partial charge in [0, 0.05) is 43.5 Å². The molecule has 1 aliphatic rings. The second kappa shape index (κ2) is 10.6. The van der Waals surface area contributed by atoms with Crippen molar-refractivity contribution in [1.29, 1.82) is 0 Å². The number of hydrogen-bond acceptors (Lipinski definition) is 3. The number of nitrogens with zero attached hydrogens (tertiary/aromatic N) is 1. The second-order valence-corrected chi connectivity index (χ2v) is 7.51. The molecular formula is C18H29N3OS. The first-order valence-corrected chi connectivity index (χ1v) is 9.40. The second-order valence-electron chi connectivity index (χ2n) is 5.99. The lowest BCUT2D eigenvalue weighted by Gasteiger charge is -2.16. The molecule has 1 aromatic carbocycles. The molecule has 0 saturated heterocycles. The molecule has 0 aliphatic heterocycles. The number of benzene rings is 1. The molecule has 2 N–H and O–H groups in total. The molecule has 1 unspecified atom stereocenters. The molecule has 5 heteroatoms. The summed E-state index contributed by atoms with van der Waals surface area (Å²) in [5.41, 5.74) is 0. The number of nitrogens with one attached hydrogen (secondary N) is 2. The highest BCUT2D eigenvalue weighted by Gasteiger charge is 2.20. The van der Waals surface area contributed by atoms with E-state index < -0.39 is 0 Å². The van der Waals surface area contributed by atoms with E-state index in [0.717, 1.165) is 44.6 Å². The minimum absolute atomic E-state index is 0.484. The van der Waals surface area contributed by atoms with E-state index in [0.29, 0.717) is 5.25 Å². The van der Waals surface area contributed by atoms with E-state index in [4.69, 9.17) is 4.74 Å². The Morgan fingerprint density at radius 3 is 2.78 bits per heavy atom. The van der Waals surface area contributed by atoms with Gasteiger partial charge in [-0.1, -0.05) is 25.1 Å². The Morgan fingerprint density at radius 1 is 1.30 bits per heavy atom. The van der Waals surface area contributed by atoms with Gasteiger partial charge < -0.3 is 15.4 Å². The van der Waals surface area contributed by atoms with Crippen LogP contribution >= 0.6 is 11.8 Å². The van der Waals surface area contributed by atoms with Gasteiger partial charge in [-0.2, -0.15) is 0 Å². The van der Waals surface area contributed by atoms with Crippen LogP contribution in [0, 0.1) is 5.92 Å². The van der Waals surface area contributed by atoms with E-state index in [2.05, 4.69) is 46.8 Å². The highest BCUT2D eigenvalue weighted by Crippen LogP contribution is 2.28. The van der Waals surface area contributed by atoms with Gasteiger partial charge in [-0.05, 0) is 37.3 Å². The number of aliphatic imine (C=N–C) groups is 1. The molecule has 0 spiro atoms. The Hall–Kier alpha value is -1.20. The molecule has 4 nitrogen and oxygen atoms in total. The van der Waals surface area contributed by atoms with Crippen molar-refractivity contribution < 1.29 is 4.74 Å². The average Bonchev–Trinajstić information content (AvgIpc) is 3.38. The predicted octanol–water partition coefficient (Wildman–Crippen LogP) is 3.15. The number of rotatable bonds is 10. The maximum atomic E-state index is 5.63. The van der Waals surface area contributed by atoms with Crippen molar-refractivity contribution in [2.75, 3.05) is 33.4 Å². The summed E-state index contributed by atoms with van der Waals surface area (Å²) < 4.78 is 5.63. The van der Waals surface area contributed by atoms with Crippen LogP contribution in [0.1, 0.15) is 26.2 Å². The zero-order valence-corrected chi connectivity index (χ0v) is 15.1. The highest BCUT2D eigenvalue weighted by atomic mass is 32.2. The van der Waals surface area contributed by atoms with Crippen LogP contribution < -0.4 is 10.6 Å². The van der Waals surface area contributed by atoms with Crippen molar-refractivity contribution in [1.82, 2.24) is 10.6 Å².